The average molecular weight is 263 g/mol. The molecule has 2 N–H and O–H groups in total. The predicted molar refractivity (Wildman–Crippen MR) is 67.6 cm³/mol. The third-order valence-corrected chi connectivity index (χ3v) is 3.35. The summed E-state index contributed by atoms with van der Waals surface area (Å²) in [5, 5.41) is 0. The van der Waals surface area contributed by atoms with Crippen LogP contribution in [-0.4, -0.2) is 18.2 Å². The van der Waals surface area contributed by atoms with Crippen LogP contribution in [0.1, 0.15) is 18.9 Å². The molecule has 1 fully saturated rings. The molecular weight excluding hydrogens is 246 g/mol. The van der Waals surface area contributed by atoms with Gasteiger partial charge in [0.15, 0.2) is 0 Å². The Kier molecular flexibility index (Phi) is 4.16. The molecule has 1 heterocycles. The van der Waals surface area contributed by atoms with Gasteiger partial charge in [-0.25, -0.2) is 0 Å². The van der Waals surface area contributed by atoms with E-state index in [1.165, 1.54) is 0 Å². The van der Waals surface area contributed by atoms with Crippen LogP contribution in [0.5, 0.6) is 0 Å². The molecule has 5 heteroatoms. The summed E-state index contributed by atoms with van der Waals surface area (Å²) in [7, 11) is 0. The fourth-order valence-corrected chi connectivity index (χ4v) is 2.09. The van der Waals surface area contributed by atoms with Gasteiger partial charge in [-0.05, 0) is 5.56 Å². The highest BCUT2D eigenvalue weighted by Crippen LogP contribution is 2.30. The van der Waals surface area contributed by atoms with Crippen LogP contribution in [0, 0.1) is 11.8 Å². The molecule has 1 aromatic rings. The zero-order valence-electron chi connectivity index (χ0n) is 10.7. The highest BCUT2D eigenvalue weighted by molar-refractivity contribution is 5.79. The van der Waals surface area contributed by atoms with Crippen molar-refractivity contribution in [2.45, 2.75) is 26.2 Å². The highest BCUT2D eigenvalue weighted by Gasteiger charge is 2.41. The van der Waals surface area contributed by atoms with E-state index in [-0.39, 0.29) is 18.3 Å². The van der Waals surface area contributed by atoms with Crippen molar-refractivity contribution in [3.8, 4) is 0 Å². The number of cyclic esters (lactones) is 1. The van der Waals surface area contributed by atoms with Gasteiger partial charge in [-0.1, -0.05) is 37.3 Å². The van der Waals surface area contributed by atoms with Crippen molar-refractivity contribution in [3.05, 3.63) is 35.9 Å². The number of ether oxygens (including phenoxy) is 2. The monoisotopic (exact) mass is 263 g/mol. The summed E-state index contributed by atoms with van der Waals surface area (Å²) >= 11 is 0. The minimum atomic E-state index is -0.699. The number of carbonyl (C=O) groups excluding carboxylic acids is 2. The molecule has 1 amide bonds. The molecule has 3 atom stereocenters. The molecule has 0 aromatic heterocycles. The molecule has 0 aliphatic carbocycles. The number of primary amides is 1. The molecule has 0 saturated carbocycles. The van der Waals surface area contributed by atoms with Crippen molar-refractivity contribution >= 4 is 11.9 Å². The van der Waals surface area contributed by atoms with E-state index in [1.54, 1.807) is 6.92 Å². The minimum absolute atomic E-state index is 0.170. The van der Waals surface area contributed by atoms with Crippen molar-refractivity contribution in [2.24, 2.45) is 17.6 Å². The highest BCUT2D eigenvalue weighted by atomic mass is 16.7. The molecule has 1 aliphatic rings. The summed E-state index contributed by atoms with van der Waals surface area (Å²) in [6.45, 7) is 2.02. The Morgan fingerprint density at radius 2 is 2.16 bits per heavy atom. The first kappa shape index (κ1) is 13.5. The van der Waals surface area contributed by atoms with E-state index in [4.69, 9.17) is 15.2 Å². The zero-order valence-corrected chi connectivity index (χ0v) is 10.7. The lowest BCUT2D eigenvalue weighted by atomic mass is 9.91. The molecule has 1 aromatic carbocycles. The molecule has 102 valence electrons. The summed E-state index contributed by atoms with van der Waals surface area (Å²) in [6.07, 6.45) is -0.529. The van der Waals surface area contributed by atoms with Crippen LogP contribution >= 0.6 is 0 Å². The first-order valence-corrected chi connectivity index (χ1v) is 6.22. The fourth-order valence-electron chi connectivity index (χ4n) is 2.09. The lowest BCUT2D eigenvalue weighted by Gasteiger charge is -2.21. The fraction of sp³-hybridized carbons (Fsp3) is 0.429. The molecule has 2 rings (SSSR count). The molecule has 0 radical (unpaired) electrons. The van der Waals surface area contributed by atoms with Crippen LogP contribution < -0.4 is 5.73 Å². The summed E-state index contributed by atoms with van der Waals surface area (Å²) in [5.41, 5.74) is 6.25. The third-order valence-electron chi connectivity index (χ3n) is 3.35. The summed E-state index contributed by atoms with van der Waals surface area (Å²) in [6, 6.07) is 9.56. The Hall–Kier alpha value is -1.88. The van der Waals surface area contributed by atoms with Crippen molar-refractivity contribution < 1.29 is 19.1 Å². The zero-order chi connectivity index (χ0) is 13.8. The number of benzene rings is 1. The molecule has 0 bridgehead atoms. The Bertz CT molecular complexity index is 460. The Balaban J connectivity index is 1.97. The Labute approximate surface area is 111 Å². The van der Waals surface area contributed by atoms with Gasteiger partial charge in [-0.2, -0.15) is 0 Å². The molecule has 3 unspecified atom stereocenters. The summed E-state index contributed by atoms with van der Waals surface area (Å²) in [5.74, 6) is -1.56. The van der Waals surface area contributed by atoms with Crippen LogP contribution in [0.25, 0.3) is 0 Å². The van der Waals surface area contributed by atoms with Gasteiger partial charge in [-0.15, -0.1) is 0 Å². The molecule has 5 nitrogen and oxygen atoms in total. The lowest BCUT2D eigenvalue weighted by molar-refractivity contribution is -0.173. The minimum Gasteiger partial charge on any atom is -0.435 e. The van der Waals surface area contributed by atoms with E-state index in [0.717, 1.165) is 5.56 Å². The second-order valence-corrected chi connectivity index (χ2v) is 4.71. The number of esters is 1. The van der Waals surface area contributed by atoms with E-state index in [2.05, 4.69) is 0 Å². The van der Waals surface area contributed by atoms with Crippen molar-refractivity contribution in [3.63, 3.8) is 0 Å². The SMILES string of the molecule is CC(C(N)=O)C1CC(=O)OC1OCc1ccccc1. The number of hydrogen-bond donors (Lipinski definition) is 1. The van der Waals surface area contributed by atoms with Gasteiger partial charge in [0.05, 0.1) is 13.0 Å². The number of amides is 1. The number of carbonyl (C=O) groups is 2. The predicted octanol–water partition coefficient (Wildman–Crippen LogP) is 1.21. The standard InChI is InChI=1S/C14H17NO4/c1-9(13(15)17)11-7-12(16)19-14(11)18-8-10-5-3-2-4-6-10/h2-6,9,11,14H,7-8H2,1H3,(H2,15,17). The summed E-state index contributed by atoms with van der Waals surface area (Å²) < 4.78 is 10.7. The normalized spacial score (nSPS) is 23.9. The van der Waals surface area contributed by atoms with Crippen LogP contribution in [0.2, 0.25) is 0 Å². The van der Waals surface area contributed by atoms with Gasteiger partial charge < -0.3 is 15.2 Å². The lowest BCUT2D eigenvalue weighted by Crippen LogP contribution is -2.33. The second kappa shape index (κ2) is 5.84. The molecular formula is C14H17NO4. The average Bonchev–Trinajstić information content (AvgIpc) is 2.77. The molecule has 1 aliphatic heterocycles. The van der Waals surface area contributed by atoms with Gasteiger partial charge in [0.1, 0.15) is 0 Å². The van der Waals surface area contributed by atoms with Gasteiger partial charge in [0.2, 0.25) is 12.2 Å². The Morgan fingerprint density at radius 3 is 2.79 bits per heavy atom. The first-order chi connectivity index (χ1) is 9.08. The third kappa shape index (κ3) is 3.32. The topological polar surface area (TPSA) is 78.6 Å². The number of nitrogens with two attached hydrogens (primary N) is 1. The van der Waals surface area contributed by atoms with Gasteiger partial charge in [0, 0.05) is 11.8 Å². The quantitative estimate of drug-likeness (QED) is 0.810. The first-order valence-electron chi connectivity index (χ1n) is 6.22. The van der Waals surface area contributed by atoms with Gasteiger partial charge >= 0.3 is 5.97 Å². The largest absolute Gasteiger partial charge is 0.435 e. The van der Waals surface area contributed by atoms with E-state index < -0.39 is 18.1 Å². The molecule has 0 spiro atoms. The van der Waals surface area contributed by atoms with Gasteiger partial charge in [-0.3, -0.25) is 9.59 Å². The van der Waals surface area contributed by atoms with E-state index >= 15 is 0 Å². The van der Waals surface area contributed by atoms with Crippen molar-refractivity contribution in [1.29, 1.82) is 0 Å². The van der Waals surface area contributed by atoms with E-state index in [0.29, 0.717) is 6.61 Å². The summed E-state index contributed by atoms with van der Waals surface area (Å²) in [4.78, 5) is 22.6. The Morgan fingerprint density at radius 1 is 1.47 bits per heavy atom. The smallest absolute Gasteiger partial charge is 0.308 e. The maximum atomic E-state index is 11.3. The van der Waals surface area contributed by atoms with Crippen LogP contribution in [0.3, 0.4) is 0 Å². The van der Waals surface area contributed by atoms with Crippen LogP contribution in [0.15, 0.2) is 30.3 Å². The van der Waals surface area contributed by atoms with Gasteiger partial charge in [0.25, 0.3) is 0 Å². The van der Waals surface area contributed by atoms with E-state index in [1.807, 2.05) is 30.3 Å². The van der Waals surface area contributed by atoms with Crippen LogP contribution in [0.4, 0.5) is 0 Å². The molecule has 19 heavy (non-hydrogen) atoms. The maximum absolute atomic E-state index is 11.3. The maximum Gasteiger partial charge on any atom is 0.308 e. The second-order valence-electron chi connectivity index (χ2n) is 4.71. The van der Waals surface area contributed by atoms with E-state index in [9.17, 15) is 9.59 Å². The number of rotatable bonds is 5. The van der Waals surface area contributed by atoms with Crippen LogP contribution in [-0.2, 0) is 25.7 Å². The number of hydrogen-bond acceptors (Lipinski definition) is 4. The van der Waals surface area contributed by atoms with Crippen molar-refractivity contribution in [2.75, 3.05) is 0 Å². The van der Waals surface area contributed by atoms with Crippen molar-refractivity contribution in [1.82, 2.24) is 0 Å². The molecule has 1 saturated heterocycles.